The third-order valence-electron chi connectivity index (χ3n) is 4.32. The van der Waals surface area contributed by atoms with Crippen molar-refractivity contribution in [3.8, 4) is 0 Å². The van der Waals surface area contributed by atoms with Crippen molar-refractivity contribution >= 4 is 18.1 Å². The van der Waals surface area contributed by atoms with E-state index in [1.807, 2.05) is 0 Å². The lowest BCUT2D eigenvalue weighted by molar-refractivity contribution is 0.229. The number of piperidine rings is 1. The van der Waals surface area contributed by atoms with Gasteiger partial charge in [-0.15, -0.1) is 12.4 Å². The van der Waals surface area contributed by atoms with Gasteiger partial charge in [-0.1, -0.05) is 38.0 Å². The highest BCUT2D eigenvalue weighted by Crippen LogP contribution is 2.31. The Bertz CT molecular complexity index is 364. The molecule has 1 heterocycles. The molecule has 1 aliphatic rings. The number of benzene rings is 1. The first-order valence-electron chi connectivity index (χ1n) is 7.22. The number of para-hydroxylation sites is 1. The summed E-state index contributed by atoms with van der Waals surface area (Å²) in [5, 5.41) is 0. The van der Waals surface area contributed by atoms with Crippen LogP contribution >= 0.6 is 12.4 Å². The summed E-state index contributed by atoms with van der Waals surface area (Å²) >= 11 is 0. The molecule has 0 bridgehead atoms. The zero-order chi connectivity index (χ0) is 13.0. The summed E-state index contributed by atoms with van der Waals surface area (Å²) < 4.78 is 0. The van der Waals surface area contributed by atoms with Crippen molar-refractivity contribution < 1.29 is 0 Å². The first-order valence-corrected chi connectivity index (χ1v) is 7.22. The van der Waals surface area contributed by atoms with E-state index in [-0.39, 0.29) is 17.9 Å². The van der Waals surface area contributed by atoms with Crippen LogP contribution in [0.2, 0.25) is 0 Å². The monoisotopic (exact) mass is 282 g/mol. The molecule has 3 heteroatoms. The van der Waals surface area contributed by atoms with E-state index in [1.165, 1.54) is 24.9 Å². The van der Waals surface area contributed by atoms with Crippen LogP contribution in [0.3, 0.4) is 0 Å². The first-order chi connectivity index (χ1) is 8.63. The van der Waals surface area contributed by atoms with Gasteiger partial charge in [-0.2, -0.15) is 0 Å². The largest absolute Gasteiger partial charge is 0.371 e. The van der Waals surface area contributed by atoms with Crippen molar-refractivity contribution in [1.82, 2.24) is 0 Å². The maximum atomic E-state index is 6.48. The molecule has 1 saturated heterocycles. The second-order valence-corrected chi connectivity index (χ2v) is 5.88. The summed E-state index contributed by atoms with van der Waals surface area (Å²) in [5.41, 5.74) is 7.83. The molecule has 19 heavy (non-hydrogen) atoms. The number of anilines is 1. The van der Waals surface area contributed by atoms with Crippen LogP contribution in [-0.2, 0) is 0 Å². The maximum absolute atomic E-state index is 6.48. The van der Waals surface area contributed by atoms with E-state index >= 15 is 0 Å². The molecule has 1 fully saturated rings. The van der Waals surface area contributed by atoms with E-state index in [1.54, 1.807) is 0 Å². The fourth-order valence-electron chi connectivity index (χ4n) is 2.89. The van der Waals surface area contributed by atoms with E-state index in [4.69, 9.17) is 5.73 Å². The minimum atomic E-state index is 0. The zero-order valence-corrected chi connectivity index (χ0v) is 13.0. The van der Waals surface area contributed by atoms with Crippen molar-refractivity contribution in [3.63, 3.8) is 0 Å². The lowest BCUT2D eigenvalue weighted by Gasteiger charge is -2.45. The van der Waals surface area contributed by atoms with Crippen LogP contribution in [0.4, 0.5) is 5.69 Å². The number of rotatable bonds is 4. The standard InChI is InChI=1S/C16H26N2.ClH/c1-3-4-8-14-13-18(12-11-16(14,2)17)15-9-6-5-7-10-15;/h5-7,9-10,14H,3-4,8,11-13,17H2,1-2H3;1H/t14-,16+;/m0./s1. The van der Waals surface area contributed by atoms with E-state index in [0.29, 0.717) is 5.92 Å². The molecule has 0 aliphatic carbocycles. The smallest absolute Gasteiger partial charge is 0.0366 e. The number of nitrogens with zero attached hydrogens (tertiary/aromatic N) is 1. The molecule has 0 amide bonds. The number of halogens is 1. The highest BCUT2D eigenvalue weighted by molar-refractivity contribution is 5.85. The Kier molecular flexibility index (Phi) is 6.15. The van der Waals surface area contributed by atoms with Gasteiger partial charge in [-0.3, -0.25) is 0 Å². The highest BCUT2D eigenvalue weighted by Gasteiger charge is 2.35. The lowest BCUT2D eigenvalue weighted by Crippen LogP contribution is -2.55. The van der Waals surface area contributed by atoms with Gasteiger partial charge in [-0.25, -0.2) is 0 Å². The average Bonchev–Trinajstić information content (AvgIpc) is 2.38. The van der Waals surface area contributed by atoms with Gasteiger partial charge in [0.05, 0.1) is 0 Å². The number of unbranched alkanes of at least 4 members (excludes halogenated alkanes) is 1. The van der Waals surface area contributed by atoms with Gasteiger partial charge in [0, 0.05) is 24.3 Å². The number of hydrogen-bond donors (Lipinski definition) is 1. The molecule has 0 unspecified atom stereocenters. The molecule has 1 aliphatic heterocycles. The Morgan fingerprint density at radius 2 is 2.00 bits per heavy atom. The van der Waals surface area contributed by atoms with Gasteiger partial charge in [-0.05, 0) is 37.8 Å². The summed E-state index contributed by atoms with van der Waals surface area (Å²) in [6, 6.07) is 10.7. The molecule has 2 atom stereocenters. The predicted octanol–water partition coefficient (Wildman–Crippen LogP) is 3.84. The summed E-state index contributed by atoms with van der Waals surface area (Å²) in [4.78, 5) is 2.49. The second-order valence-electron chi connectivity index (χ2n) is 5.88. The van der Waals surface area contributed by atoms with Crippen molar-refractivity contribution in [2.45, 2.75) is 45.1 Å². The minimum Gasteiger partial charge on any atom is -0.371 e. The van der Waals surface area contributed by atoms with Gasteiger partial charge in [0.1, 0.15) is 0 Å². The van der Waals surface area contributed by atoms with E-state index in [2.05, 4.69) is 49.1 Å². The van der Waals surface area contributed by atoms with E-state index in [0.717, 1.165) is 19.5 Å². The molecule has 0 radical (unpaired) electrons. The minimum absolute atomic E-state index is 0. The molecular weight excluding hydrogens is 256 g/mol. The Hall–Kier alpha value is -0.730. The van der Waals surface area contributed by atoms with E-state index < -0.39 is 0 Å². The van der Waals surface area contributed by atoms with Crippen LogP contribution in [0.5, 0.6) is 0 Å². The number of nitrogens with two attached hydrogens (primary N) is 1. The quantitative estimate of drug-likeness (QED) is 0.909. The summed E-state index contributed by atoms with van der Waals surface area (Å²) in [6.45, 7) is 6.68. The molecule has 2 N–H and O–H groups in total. The van der Waals surface area contributed by atoms with Gasteiger partial charge in [0.25, 0.3) is 0 Å². The Morgan fingerprint density at radius 1 is 1.32 bits per heavy atom. The van der Waals surface area contributed by atoms with Gasteiger partial charge >= 0.3 is 0 Å². The molecule has 0 spiro atoms. The van der Waals surface area contributed by atoms with Crippen LogP contribution < -0.4 is 10.6 Å². The summed E-state index contributed by atoms with van der Waals surface area (Å²) in [5.74, 6) is 0.617. The SMILES string of the molecule is CCCC[C@H]1CN(c2ccccc2)CC[C@@]1(C)N.Cl. The zero-order valence-electron chi connectivity index (χ0n) is 12.1. The predicted molar refractivity (Wildman–Crippen MR) is 86.1 cm³/mol. The van der Waals surface area contributed by atoms with E-state index in [9.17, 15) is 0 Å². The third-order valence-corrected chi connectivity index (χ3v) is 4.32. The molecule has 2 rings (SSSR count). The Labute approximate surface area is 123 Å². The summed E-state index contributed by atoms with van der Waals surface area (Å²) in [6.07, 6.45) is 4.90. The number of hydrogen-bond acceptors (Lipinski definition) is 2. The van der Waals surface area contributed by atoms with Gasteiger partial charge in [0.15, 0.2) is 0 Å². The Morgan fingerprint density at radius 3 is 2.63 bits per heavy atom. The molecular formula is C16H27ClN2. The van der Waals surface area contributed by atoms with Crippen LogP contribution in [0.1, 0.15) is 39.5 Å². The lowest BCUT2D eigenvalue weighted by atomic mass is 9.77. The topological polar surface area (TPSA) is 29.3 Å². The fourth-order valence-corrected chi connectivity index (χ4v) is 2.89. The molecule has 108 valence electrons. The van der Waals surface area contributed by atoms with Crippen LogP contribution in [-0.4, -0.2) is 18.6 Å². The third kappa shape index (κ3) is 4.12. The summed E-state index contributed by atoms with van der Waals surface area (Å²) in [7, 11) is 0. The maximum Gasteiger partial charge on any atom is 0.0366 e. The van der Waals surface area contributed by atoms with Crippen molar-refractivity contribution in [1.29, 1.82) is 0 Å². The van der Waals surface area contributed by atoms with Crippen LogP contribution in [0.25, 0.3) is 0 Å². The molecule has 0 aromatic heterocycles. The van der Waals surface area contributed by atoms with Crippen molar-refractivity contribution in [2.24, 2.45) is 11.7 Å². The first kappa shape index (κ1) is 16.3. The second kappa shape index (κ2) is 7.16. The molecule has 0 saturated carbocycles. The molecule has 1 aromatic carbocycles. The van der Waals surface area contributed by atoms with Crippen LogP contribution in [0.15, 0.2) is 30.3 Å². The highest BCUT2D eigenvalue weighted by atomic mass is 35.5. The van der Waals surface area contributed by atoms with Gasteiger partial charge in [0.2, 0.25) is 0 Å². The molecule has 1 aromatic rings. The van der Waals surface area contributed by atoms with Crippen molar-refractivity contribution in [2.75, 3.05) is 18.0 Å². The Balaban J connectivity index is 0.00000180. The van der Waals surface area contributed by atoms with Crippen molar-refractivity contribution in [3.05, 3.63) is 30.3 Å². The average molecular weight is 283 g/mol. The fraction of sp³-hybridized carbons (Fsp3) is 0.625. The molecule has 2 nitrogen and oxygen atoms in total. The van der Waals surface area contributed by atoms with Gasteiger partial charge < -0.3 is 10.6 Å². The normalized spacial score (nSPS) is 26.9. The van der Waals surface area contributed by atoms with Crippen LogP contribution in [0, 0.1) is 5.92 Å².